The molecule has 0 aromatic carbocycles. The van der Waals surface area contributed by atoms with Gasteiger partial charge in [0.25, 0.3) is 0 Å². The molecule has 0 bridgehead atoms. The molecule has 2 rings (SSSR count). The van der Waals surface area contributed by atoms with Crippen LogP contribution in [-0.2, 0) is 6.42 Å². The SMILES string of the molecule is CCc1cn(C(C)C)c2ncnc(N)c12. The molecule has 2 N–H and O–H groups in total. The summed E-state index contributed by atoms with van der Waals surface area (Å²) in [5.41, 5.74) is 8.04. The van der Waals surface area contributed by atoms with Gasteiger partial charge in [0.2, 0.25) is 0 Å². The van der Waals surface area contributed by atoms with E-state index >= 15 is 0 Å². The third-order valence-corrected chi connectivity index (χ3v) is 2.65. The quantitative estimate of drug-likeness (QED) is 0.815. The highest BCUT2D eigenvalue weighted by Gasteiger charge is 2.13. The average molecular weight is 204 g/mol. The molecule has 15 heavy (non-hydrogen) atoms. The van der Waals surface area contributed by atoms with Gasteiger partial charge in [-0.05, 0) is 25.8 Å². The van der Waals surface area contributed by atoms with Gasteiger partial charge in [0, 0.05) is 12.2 Å². The van der Waals surface area contributed by atoms with Crippen molar-refractivity contribution in [3.05, 3.63) is 18.1 Å². The van der Waals surface area contributed by atoms with Crippen molar-refractivity contribution in [1.82, 2.24) is 14.5 Å². The Kier molecular flexibility index (Phi) is 2.34. The smallest absolute Gasteiger partial charge is 0.145 e. The molecule has 0 aliphatic heterocycles. The summed E-state index contributed by atoms with van der Waals surface area (Å²) in [5.74, 6) is 0.580. The standard InChI is InChI=1S/C11H16N4/c1-4-8-5-15(7(2)3)11-9(8)10(12)13-6-14-11/h5-7H,4H2,1-3H3,(H2,12,13,14). The van der Waals surface area contributed by atoms with Crippen LogP contribution in [0, 0.1) is 0 Å². The van der Waals surface area contributed by atoms with E-state index in [0.29, 0.717) is 11.9 Å². The predicted molar refractivity (Wildman–Crippen MR) is 61.7 cm³/mol. The lowest BCUT2D eigenvalue weighted by atomic mass is 10.2. The van der Waals surface area contributed by atoms with Crippen molar-refractivity contribution in [2.45, 2.75) is 33.2 Å². The van der Waals surface area contributed by atoms with Crippen LogP contribution < -0.4 is 5.73 Å². The summed E-state index contributed by atoms with van der Waals surface area (Å²) in [7, 11) is 0. The van der Waals surface area contributed by atoms with Gasteiger partial charge in [0.1, 0.15) is 17.8 Å². The van der Waals surface area contributed by atoms with Gasteiger partial charge in [-0.15, -0.1) is 0 Å². The molecule has 0 unspecified atom stereocenters. The first-order valence-electron chi connectivity index (χ1n) is 5.25. The van der Waals surface area contributed by atoms with E-state index in [9.17, 15) is 0 Å². The van der Waals surface area contributed by atoms with E-state index in [1.54, 1.807) is 0 Å². The molecule has 0 aliphatic rings. The minimum absolute atomic E-state index is 0.391. The zero-order valence-electron chi connectivity index (χ0n) is 9.36. The van der Waals surface area contributed by atoms with E-state index in [1.807, 2.05) is 0 Å². The first-order chi connectivity index (χ1) is 7.15. The molecule has 0 radical (unpaired) electrons. The Hall–Kier alpha value is -1.58. The van der Waals surface area contributed by atoms with E-state index in [0.717, 1.165) is 17.5 Å². The third-order valence-electron chi connectivity index (χ3n) is 2.65. The molecule has 0 saturated heterocycles. The minimum atomic E-state index is 0.391. The second-order valence-electron chi connectivity index (χ2n) is 3.97. The number of anilines is 1. The van der Waals surface area contributed by atoms with Crippen molar-refractivity contribution >= 4 is 16.9 Å². The second-order valence-corrected chi connectivity index (χ2v) is 3.97. The topological polar surface area (TPSA) is 56.7 Å². The van der Waals surface area contributed by atoms with Gasteiger partial charge >= 0.3 is 0 Å². The molecule has 4 nitrogen and oxygen atoms in total. The van der Waals surface area contributed by atoms with Crippen LogP contribution >= 0.6 is 0 Å². The summed E-state index contributed by atoms with van der Waals surface area (Å²) in [6.45, 7) is 6.39. The summed E-state index contributed by atoms with van der Waals surface area (Å²) in [5, 5.41) is 1.01. The number of nitrogen functional groups attached to an aromatic ring is 1. The van der Waals surface area contributed by atoms with Gasteiger partial charge in [-0.2, -0.15) is 0 Å². The molecule has 2 aromatic rings. The summed E-state index contributed by atoms with van der Waals surface area (Å²) in [6, 6.07) is 0.391. The highest BCUT2D eigenvalue weighted by atomic mass is 15.1. The number of fused-ring (bicyclic) bond motifs is 1. The third kappa shape index (κ3) is 1.46. The van der Waals surface area contributed by atoms with Crippen molar-refractivity contribution in [2.24, 2.45) is 0 Å². The zero-order chi connectivity index (χ0) is 11.0. The first-order valence-corrected chi connectivity index (χ1v) is 5.25. The van der Waals surface area contributed by atoms with Gasteiger partial charge < -0.3 is 10.3 Å². The largest absolute Gasteiger partial charge is 0.383 e. The molecular weight excluding hydrogens is 188 g/mol. The lowest BCUT2D eigenvalue weighted by molar-refractivity contribution is 0.616. The normalized spacial score (nSPS) is 11.5. The second kappa shape index (κ2) is 3.53. The van der Waals surface area contributed by atoms with Crippen LogP contribution in [0.5, 0.6) is 0 Å². The van der Waals surface area contributed by atoms with Crippen LogP contribution in [0.1, 0.15) is 32.4 Å². The minimum Gasteiger partial charge on any atom is -0.383 e. The Morgan fingerprint density at radius 3 is 2.73 bits per heavy atom. The number of aromatic nitrogens is 3. The summed E-state index contributed by atoms with van der Waals surface area (Å²) < 4.78 is 2.15. The predicted octanol–water partition coefficient (Wildman–Crippen LogP) is 2.16. The molecule has 80 valence electrons. The van der Waals surface area contributed by atoms with Crippen LogP contribution in [0.15, 0.2) is 12.5 Å². The number of aryl methyl sites for hydroxylation is 1. The van der Waals surface area contributed by atoms with Gasteiger partial charge in [0.15, 0.2) is 0 Å². The fourth-order valence-corrected chi connectivity index (χ4v) is 1.85. The fourth-order valence-electron chi connectivity index (χ4n) is 1.85. The van der Waals surface area contributed by atoms with Crippen molar-refractivity contribution in [2.75, 3.05) is 5.73 Å². The molecule has 0 spiro atoms. The summed E-state index contributed by atoms with van der Waals surface area (Å²) in [6.07, 6.45) is 4.60. The molecule has 0 amide bonds. The van der Waals surface area contributed by atoms with Crippen molar-refractivity contribution in [1.29, 1.82) is 0 Å². The number of hydrogen-bond acceptors (Lipinski definition) is 3. The maximum atomic E-state index is 5.88. The lowest BCUT2D eigenvalue weighted by Gasteiger charge is -2.07. The lowest BCUT2D eigenvalue weighted by Crippen LogP contribution is -2.00. The van der Waals surface area contributed by atoms with Crippen LogP contribution in [0.3, 0.4) is 0 Å². The monoisotopic (exact) mass is 204 g/mol. The highest BCUT2D eigenvalue weighted by Crippen LogP contribution is 2.26. The van der Waals surface area contributed by atoms with Gasteiger partial charge in [-0.1, -0.05) is 6.92 Å². The fraction of sp³-hybridized carbons (Fsp3) is 0.455. The van der Waals surface area contributed by atoms with Crippen molar-refractivity contribution < 1.29 is 0 Å². The van der Waals surface area contributed by atoms with Gasteiger partial charge in [-0.3, -0.25) is 0 Å². The first kappa shape index (κ1) is 9.96. The van der Waals surface area contributed by atoms with Crippen LogP contribution in [0.4, 0.5) is 5.82 Å². The molecule has 0 fully saturated rings. The molecule has 0 atom stereocenters. The molecular formula is C11H16N4. The van der Waals surface area contributed by atoms with Crippen LogP contribution in [0.25, 0.3) is 11.0 Å². The molecule has 0 aliphatic carbocycles. The Bertz CT molecular complexity index is 485. The molecule has 4 heteroatoms. The molecule has 2 aromatic heterocycles. The zero-order valence-corrected chi connectivity index (χ0v) is 9.36. The highest BCUT2D eigenvalue weighted by molar-refractivity contribution is 5.89. The Morgan fingerprint density at radius 2 is 2.13 bits per heavy atom. The van der Waals surface area contributed by atoms with E-state index in [1.165, 1.54) is 11.9 Å². The maximum Gasteiger partial charge on any atom is 0.145 e. The number of nitrogens with two attached hydrogens (primary N) is 1. The van der Waals surface area contributed by atoms with Crippen LogP contribution in [0.2, 0.25) is 0 Å². The van der Waals surface area contributed by atoms with E-state index in [-0.39, 0.29) is 0 Å². The number of hydrogen-bond donors (Lipinski definition) is 1. The Labute approximate surface area is 89.1 Å². The van der Waals surface area contributed by atoms with E-state index < -0.39 is 0 Å². The van der Waals surface area contributed by atoms with Crippen molar-refractivity contribution in [3.8, 4) is 0 Å². The summed E-state index contributed by atoms with van der Waals surface area (Å²) >= 11 is 0. The van der Waals surface area contributed by atoms with Gasteiger partial charge in [0.05, 0.1) is 5.39 Å². The Morgan fingerprint density at radius 1 is 1.40 bits per heavy atom. The van der Waals surface area contributed by atoms with Gasteiger partial charge in [-0.25, -0.2) is 9.97 Å². The summed E-state index contributed by atoms with van der Waals surface area (Å²) in [4.78, 5) is 8.35. The average Bonchev–Trinajstić information content (AvgIpc) is 2.58. The Balaban J connectivity index is 2.81. The number of nitrogens with zero attached hydrogens (tertiary/aromatic N) is 3. The van der Waals surface area contributed by atoms with Crippen molar-refractivity contribution in [3.63, 3.8) is 0 Å². The maximum absolute atomic E-state index is 5.88. The van der Waals surface area contributed by atoms with E-state index in [4.69, 9.17) is 5.73 Å². The molecule has 2 heterocycles. The number of rotatable bonds is 2. The molecule has 0 saturated carbocycles. The van der Waals surface area contributed by atoms with Crippen LogP contribution in [-0.4, -0.2) is 14.5 Å². The van der Waals surface area contributed by atoms with E-state index in [2.05, 4.69) is 41.5 Å².